The van der Waals surface area contributed by atoms with Crippen LogP contribution < -0.4 is 0 Å². The van der Waals surface area contributed by atoms with Crippen molar-refractivity contribution in [2.24, 2.45) is 5.92 Å². The molecule has 0 aliphatic heterocycles. The van der Waals surface area contributed by atoms with Gasteiger partial charge in [0.05, 0.1) is 15.6 Å². The van der Waals surface area contributed by atoms with Crippen molar-refractivity contribution in [3.05, 3.63) is 50.8 Å². The third-order valence-electron chi connectivity index (χ3n) is 4.15. The first-order valence-corrected chi connectivity index (χ1v) is 10.4. The fraction of sp³-hybridized carbons (Fsp3) is 0.316. The van der Waals surface area contributed by atoms with Crippen LogP contribution in [0.15, 0.2) is 27.7 Å². The average molecular weight is 425 g/mol. The lowest BCUT2D eigenvalue weighted by Crippen LogP contribution is -2.18. The van der Waals surface area contributed by atoms with Gasteiger partial charge in [-0.05, 0) is 25.5 Å². The molecule has 3 rings (SSSR count). The molecule has 1 aromatic carbocycles. The van der Waals surface area contributed by atoms with Crippen LogP contribution >= 0.6 is 23.2 Å². The Balaban J connectivity index is 2.24. The van der Waals surface area contributed by atoms with Crippen LogP contribution in [-0.4, -0.2) is 20.5 Å². The molecule has 3 aromatic rings. The summed E-state index contributed by atoms with van der Waals surface area (Å²) in [7, 11) is 0. The summed E-state index contributed by atoms with van der Waals surface area (Å²) in [5.74, 6) is 0.136. The molecule has 0 fully saturated rings. The zero-order valence-corrected chi connectivity index (χ0v) is 17.6. The number of aromatic nitrogens is 2. The smallest absolute Gasteiger partial charge is 0.258 e. The Morgan fingerprint density at radius 3 is 2.59 bits per heavy atom. The third-order valence-corrected chi connectivity index (χ3v) is 6.11. The van der Waals surface area contributed by atoms with Gasteiger partial charge in [-0.15, -0.1) is 0 Å². The van der Waals surface area contributed by atoms with Crippen molar-refractivity contribution in [3.8, 4) is 0 Å². The van der Waals surface area contributed by atoms with E-state index in [9.17, 15) is 9.35 Å². The Kier molecular flexibility index (Phi) is 5.82. The summed E-state index contributed by atoms with van der Waals surface area (Å²) in [4.78, 5) is 17.4. The van der Waals surface area contributed by atoms with Gasteiger partial charge in [0.25, 0.3) is 5.03 Å². The maximum absolute atomic E-state index is 13.1. The summed E-state index contributed by atoms with van der Waals surface area (Å²) >= 11 is 11.3. The van der Waals surface area contributed by atoms with Crippen molar-refractivity contribution in [3.63, 3.8) is 0 Å². The summed E-state index contributed by atoms with van der Waals surface area (Å²) < 4.78 is 18.1. The molecule has 1 atom stereocenters. The number of hydrogen-bond acceptors (Lipinski definition) is 5. The van der Waals surface area contributed by atoms with Gasteiger partial charge in [-0.2, -0.15) is 4.98 Å². The lowest BCUT2D eigenvalue weighted by atomic mass is 9.99. The van der Waals surface area contributed by atoms with E-state index < -0.39 is 11.2 Å². The Labute approximate surface area is 170 Å². The second-order valence-electron chi connectivity index (χ2n) is 6.63. The number of carbonyl (C=O) groups is 1. The molecule has 0 aliphatic carbocycles. The standard InChI is InChI=1S/C19H18Cl2N2O3S/c1-9(2)18(24)15-16(21)14-10(3)5-6-13(20)17(14)22-19(15)27(25)8-12-7-11(4)26-23-12/h5-7,9H,8H2,1-4H3. The Hall–Kier alpha value is -1.60. The minimum Gasteiger partial charge on any atom is -0.610 e. The number of rotatable bonds is 5. The minimum atomic E-state index is -1.65. The summed E-state index contributed by atoms with van der Waals surface area (Å²) in [5, 5.41) is 5.22. The van der Waals surface area contributed by atoms with Gasteiger partial charge in [0, 0.05) is 28.5 Å². The molecule has 1 unspecified atom stereocenters. The number of hydrogen-bond donors (Lipinski definition) is 0. The van der Waals surface area contributed by atoms with E-state index in [1.807, 2.05) is 13.0 Å². The van der Waals surface area contributed by atoms with Crippen molar-refractivity contribution >= 4 is 51.1 Å². The van der Waals surface area contributed by atoms with Gasteiger partial charge in [0.2, 0.25) is 0 Å². The Morgan fingerprint density at radius 2 is 2.00 bits per heavy atom. The number of ketones is 1. The highest BCUT2D eigenvalue weighted by atomic mass is 35.5. The van der Waals surface area contributed by atoms with E-state index in [1.165, 1.54) is 0 Å². The first-order chi connectivity index (χ1) is 12.7. The third kappa shape index (κ3) is 3.85. The molecule has 0 saturated heterocycles. The molecule has 0 aliphatic rings. The van der Waals surface area contributed by atoms with Crippen molar-refractivity contribution in [1.82, 2.24) is 10.1 Å². The van der Waals surface area contributed by atoms with E-state index in [4.69, 9.17) is 27.7 Å². The summed E-state index contributed by atoms with van der Waals surface area (Å²) in [6.07, 6.45) is 0. The molecule has 0 radical (unpaired) electrons. The zero-order chi connectivity index (χ0) is 19.9. The van der Waals surface area contributed by atoms with E-state index in [2.05, 4.69) is 10.1 Å². The van der Waals surface area contributed by atoms with Gasteiger partial charge in [0.15, 0.2) is 11.5 Å². The highest BCUT2D eigenvalue weighted by molar-refractivity contribution is 7.90. The Morgan fingerprint density at radius 1 is 1.30 bits per heavy atom. The van der Waals surface area contributed by atoms with Crippen LogP contribution in [-0.2, 0) is 16.9 Å². The molecular formula is C19H18Cl2N2O3S. The maximum atomic E-state index is 13.1. The minimum absolute atomic E-state index is 0.0635. The van der Waals surface area contributed by atoms with E-state index >= 15 is 0 Å². The largest absolute Gasteiger partial charge is 0.610 e. The van der Waals surface area contributed by atoms with Crippen molar-refractivity contribution in [2.45, 2.75) is 38.5 Å². The zero-order valence-electron chi connectivity index (χ0n) is 15.3. The van der Waals surface area contributed by atoms with Crippen LogP contribution in [0.3, 0.4) is 0 Å². The average Bonchev–Trinajstić information content (AvgIpc) is 3.01. The summed E-state index contributed by atoms with van der Waals surface area (Å²) in [6.45, 7) is 7.15. The van der Waals surface area contributed by atoms with Crippen LogP contribution in [0, 0.1) is 19.8 Å². The number of carbonyl (C=O) groups excluding carboxylic acids is 1. The topological polar surface area (TPSA) is 79.0 Å². The van der Waals surface area contributed by atoms with Crippen molar-refractivity contribution in [2.75, 3.05) is 0 Å². The molecule has 5 nitrogen and oxygen atoms in total. The second kappa shape index (κ2) is 7.80. The highest BCUT2D eigenvalue weighted by Gasteiger charge is 2.31. The number of Topliss-reactive ketones (excluding diaryl/α,β-unsaturated/α-hetero) is 1. The number of fused-ring (bicyclic) bond motifs is 1. The molecule has 2 heterocycles. The number of nitrogens with zero attached hydrogens (tertiary/aromatic N) is 2. The first-order valence-electron chi connectivity index (χ1n) is 8.33. The molecular weight excluding hydrogens is 407 g/mol. The van der Waals surface area contributed by atoms with Crippen LogP contribution in [0.5, 0.6) is 0 Å². The normalized spacial score (nSPS) is 12.7. The monoisotopic (exact) mass is 424 g/mol. The van der Waals surface area contributed by atoms with Gasteiger partial charge in [-0.1, -0.05) is 48.3 Å². The van der Waals surface area contributed by atoms with E-state index in [0.29, 0.717) is 27.4 Å². The van der Waals surface area contributed by atoms with Crippen LogP contribution in [0.4, 0.5) is 0 Å². The van der Waals surface area contributed by atoms with E-state index in [-0.39, 0.29) is 33.1 Å². The maximum Gasteiger partial charge on any atom is 0.258 e. The fourth-order valence-electron chi connectivity index (χ4n) is 2.78. The van der Waals surface area contributed by atoms with Crippen LogP contribution in [0.1, 0.15) is 41.2 Å². The van der Waals surface area contributed by atoms with Gasteiger partial charge in [-0.25, -0.2) is 0 Å². The van der Waals surface area contributed by atoms with Gasteiger partial charge in [-0.3, -0.25) is 4.79 Å². The highest BCUT2D eigenvalue weighted by Crippen LogP contribution is 2.37. The van der Waals surface area contributed by atoms with Gasteiger partial charge in [0.1, 0.15) is 17.0 Å². The predicted molar refractivity (Wildman–Crippen MR) is 107 cm³/mol. The van der Waals surface area contributed by atoms with E-state index in [0.717, 1.165) is 5.56 Å². The van der Waals surface area contributed by atoms with Gasteiger partial charge < -0.3 is 9.08 Å². The number of benzene rings is 1. The molecule has 8 heteroatoms. The van der Waals surface area contributed by atoms with Crippen molar-refractivity contribution < 1.29 is 13.9 Å². The predicted octanol–water partition coefficient (Wildman–Crippen LogP) is 5.29. The number of halogens is 2. The summed E-state index contributed by atoms with van der Waals surface area (Å²) in [5.41, 5.74) is 1.97. The quantitative estimate of drug-likeness (QED) is 0.410. The van der Waals surface area contributed by atoms with Crippen molar-refractivity contribution in [1.29, 1.82) is 0 Å². The lowest BCUT2D eigenvalue weighted by Gasteiger charge is -2.17. The molecule has 2 aromatic heterocycles. The molecule has 142 valence electrons. The first kappa shape index (κ1) is 20.1. The van der Waals surface area contributed by atoms with E-state index in [1.54, 1.807) is 32.9 Å². The SMILES string of the molecule is Cc1cc(C[S+]([O-])c2nc3c(Cl)ccc(C)c3c(Cl)c2C(=O)C(C)C)no1. The second-order valence-corrected chi connectivity index (χ2v) is 8.78. The van der Waals surface area contributed by atoms with Crippen LogP contribution in [0.2, 0.25) is 10.0 Å². The number of pyridine rings is 1. The molecule has 0 bridgehead atoms. The number of aryl methyl sites for hydroxylation is 2. The Bertz CT molecular complexity index is 1030. The summed E-state index contributed by atoms with van der Waals surface area (Å²) in [6, 6.07) is 5.22. The molecule has 0 saturated carbocycles. The molecule has 0 N–H and O–H groups in total. The molecule has 27 heavy (non-hydrogen) atoms. The lowest BCUT2D eigenvalue weighted by molar-refractivity contribution is 0.0935. The van der Waals surface area contributed by atoms with Gasteiger partial charge >= 0.3 is 0 Å². The van der Waals surface area contributed by atoms with Crippen LogP contribution in [0.25, 0.3) is 10.9 Å². The molecule has 0 amide bonds. The molecule has 0 spiro atoms. The fourth-order valence-corrected chi connectivity index (χ4v) is 4.63.